The number of aromatic nitrogens is 4. The third-order valence-corrected chi connectivity index (χ3v) is 5.18. The number of nitrogens with one attached hydrogen (secondary N) is 1. The van der Waals surface area contributed by atoms with Gasteiger partial charge < -0.3 is 15.3 Å². The van der Waals surface area contributed by atoms with Gasteiger partial charge in [0.15, 0.2) is 0 Å². The zero-order valence-corrected chi connectivity index (χ0v) is 15.5. The van der Waals surface area contributed by atoms with E-state index in [-0.39, 0.29) is 5.41 Å². The second kappa shape index (κ2) is 7.31. The summed E-state index contributed by atoms with van der Waals surface area (Å²) >= 11 is 0. The number of amides is 1. The Kier molecular flexibility index (Phi) is 5.11. The number of nitrogens with zero attached hydrogens (tertiary/aromatic N) is 5. The minimum Gasteiger partial charge on any atom is -0.465 e. The van der Waals surface area contributed by atoms with E-state index < -0.39 is 6.09 Å². The molecule has 1 aliphatic rings. The van der Waals surface area contributed by atoms with Crippen molar-refractivity contribution >= 4 is 17.7 Å². The van der Waals surface area contributed by atoms with Gasteiger partial charge in [-0.25, -0.2) is 14.8 Å². The summed E-state index contributed by atoms with van der Waals surface area (Å²) in [5.74, 6) is 1.04. The Morgan fingerprint density at radius 1 is 1.38 bits per heavy atom. The lowest BCUT2D eigenvalue weighted by Crippen LogP contribution is -2.42. The predicted octanol–water partition coefficient (Wildman–Crippen LogP) is 2.91. The van der Waals surface area contributed by atoms with E-state index in [1.165, 1.54) is 4.90 Å². The standard InChI is InChI=1S/C18H26N6O2/c1-18(2,13-5-8-24(9-6-13)17(25)26)10-14-4-7-19-16(21-14)22-15-11-20-23(3)12-15/h4,7,11-13H,5-6,8-10H2,1-3H3,(H,25,26)(H,19,21,22). The van der Waals surface area contributed by atoms with Crippen molar-refractivity contribution in [1.82, 2.24) is 24.6 Å². The normalized spacial score (nSPS) is 15.9. The average molecular weight is 358 g/mol. The molecule has 8 heteroatoms. The summed E-state index contributed by atoms with van der Waals surface area (Å²) in [4.78, 5) is 21.5. The molecule has 0 bridgehead atoms. The first kappa shape index (κ1) is 18.2. The number of aryl methyl sites for hydroxylation is 1. The van der Waals surface area contributed by atoms with Crippen molar-refractivity contribution in [2.24, 2.45) is 18.4 Å². The van der Waals surface area contributed by atoms with Crippen molar-refractivity contribution in [2.75, 3.05) is 18.4 Å². The van der Waals surface area contributed by atoms with Crippen molar-refractivity contribution in [2.45, 2.75) is 33.1 Å². The molecular weight excluding hydrogens is 332 g/mol. The largest absolute Gasteiger partial charge is 0.465 e. The molecular formula is C18H26N6O2. The highest BCUT2D eigenvalue weighted by Gasteiger charge is 2.34. The average Bonchev–Trinajstić information content (AvgIpc) is 2.99. The Labute approximate surface area is 153 Å². The van der Waals surface area contributed by atoms with Crippen LogP contribution in [0.1, 0.15) is 32.4 Å². The van der Waals surface area contributed by atoms with E-state index in [1.807, 2.05) is 19.3 Å². The molecule has 1 amide bonds. The summed E-state index contributed by atoms with van der Waals surface area (Å²) in [6.07, 6.45) is 7.17. The van der Waals surface area contributed by atoms with Gasteiger partial charge in [0.05, 0.1) is 11.9 Å². The number of hydrogen-bond acceptors (Lipinski definition) is 5. The van der Waals surface area contributed by atoms with E-state index in [4.69, 9.17) is 5.11 Å². The van der Waals surface area contributed by atoms with Crippen molar-refractivity contribution in [3.63, 3.8) is 0 Å². The summed E-state index contributed by atoms with van der Waals surface area (Å²) < 4.78 is 1.72. The number of hydrogen-bond donors (Lipinski definition) is 2. The quantitative estimate of drug-likeness (QED) is 0.853. The topological polar surface area (TPSA) is 96.2 Å². The van der Waals surface area contributed by atoms with Crippen LogP contribution in [0.4, 0.5) is 16.4 Å². The van der Waals surface area contributed by atoms with Crippen LogP contribution in [0.3, 0.4) is 0 Å². The monoisotopic (exact) mass is 358 g/mol. The number of anilines is 2. The van der Waals surface area contributed by atoms with Crippen LogP contribution in [-0.4, -0.2) is 48.9 Å². The van der Waals surface area contributed by atoms with E-state index in [9.17, 15) is 4.79 Å². The number of carbonyl (C=O) groups is 1. The lowest BCUT2D eigenvalue weighted by molar-refractivity contribution is 0.0879. The third kappa shape index (κ3) is 4.30. The molecule has 2 aromatic heterocycles. The summed E-state index contributed by atoms with van der Waals surface area (Å²) in [5.41, 5.74) is 1.88. The molecule has 1 saturated heterocycles. The highest BCUT2D eigenvalue weighted by Crippen LogP contribution is 2.37. The van der Waals surface area contributed by atoms with Gasteiger partial charge in [-0.3, -0.25) is 4.68 Å². The fourth-order valence-corrected chi connectivity index (χ4v) is 3.63. The van der Waals surface area contributed by atoms with Gasteiger partial charge in [0, 0.05) is 38.2 Å². The van der Waals surface area contributed by atoms with Gasteiger partial charge in [-0.15, -0.1) is 0 Å². The predicted molar refractivity (Wildman–Crippen MR) is 98.3 cm³/mol. The summed E-state index contributed by atoms with van der Waals surface area (Å²) in [7, 11) is 1.86. The fraction of sp³-hybridized carbons (Fsp3) is 0.556. The second-order valence-electron chi connectivity index (χ2n) is 7.61. The van der Waals surface area contributed by atoms with Crippen LogP contribution in [0.15, 0.2) is 24.7 Å². The molecule has 0 unspecified atom stereocenters. The first-order chi connectivity index (χ1) is 12.3. The Balaban J connectivity index is 1.64. The van der Waals surface area contributed by atoms with Gasteiger partial charge in [0.25, 0.3) is 0 Å². The van der Waals surface area contributed by atoms with Crippen LogP contribution in [0.25, 0.3) is 0 Å². The summed E-state index contributed by atoms with van der Waals surface area (Å²) in [6.45, 7) is 5.71. The van der Waals surface area contributed by atoms with E-state index in [0.717, 1.165) is 30.6 Å². The van der Waals surface area contributed by atoms with Crippen molar-refractivity contribution < 1.29 is 9.90 Å². The Morgan fingerprint density at radius 2 is 2.12 bits per heavy atom. The number of likely N-dealkylation sites (tertiary alicyclic amines) is 1. The minimum atomic E-state index is -0.817. The zero-order chi connectivity index (χ0) is 18.7. The molecule has 0 atom stereocenters. The first-order valence-corrected chi connectivity index (χ1v) is 8.89. The van der Waals surface area contributed by atoms with Crippen LogP contribution in [0.5, 0.6) is 0 Å². The van der Waals surface area contributed by atoms with Crippen LogP contribution in [-0.2, 0) is 13.5 Å². The van der Waals surface area contributed by atoms with Crippen molar-refractivity contribution in [3.05, 3.63) is 30.4 Å². The molecule has 3 rings (SSSR count). The number of piperidine rings is 1. The minimum absolute atomic E-state index is 0.0461. The molecule has 0 aromatic carbocycles. The SMILES string of the molecule is Cn1cc(Nc2nccc(CC(C)(C)C3CCN(C(=O)O)CC3)n2)cn1. The van der Waals surface area contributed by atoms with Crippen molar-refractivity contribution in [3.8, 4) is 0 Å². The molecule has 0 aliphatic carbocycles. The summed E-state index contributed by atoms with van der Waals surface area (Å²) in [6, 6.07) is 1.95. The molecule has 140 valence electrons. The maximum Gasteiger partial charge on any atom is 0.407 e. The van der Waals surface area contributed by atoms with Crippen LogP contribution in [0.2, 0.25) is 0 Å². The maximum atomic E-state index is 11.1. The lowest BCUT2D eigenvalue weighted by atomic mass is 9.71. The second-order valence-corrected chi connectivity index (χ2v) is 7.61. The van der Waals surface area contributed by atoms with E-state index >= 15 is 0 Å². The molecule has 2 aromatic rings. The molecule has 1 aliphatic heterocycles. The first-order valence-electron chi connectivity index (χ1n) is 8.89. The molecule has 2 N–H and O–H groups in total. The molecule has 0 radical (unpaired) electrons. The molecule has 0 spiro atoms. The van der Waals surface area contributed by atoms with Gasteiger partial charge in [0.2, 0.25) is 5.95 Å². The Bertz CT molecular complexity index is 765. The summed E-state index contributed by atoms with van der Waals surface area (Å²) in [5, 5.41) is 16.4. The smallest absolute Gasteiger partial charge is 0.407 e. The number of carboxylic acid groups (broad SMARTS) is 1. The van der Waals surface area contributed by atoms with Crippen LogP contribution in [0, 0.1) is 11.3 Å². The lowest BCUT2D eigenvalue weighted by Gasteiger charge is -2.40. The van der Waals surface area contributed by atoms with Gasteiger partial charge in [-0.2, -0.15) is 5.10 Å². The third-order valence-electron chi connectivity index (χ3n) is 5.18. The van der Waals surface area contributed by atoms with Gasteiger partial charge >= 0.3 is 6.09 Å². The zero-order valence-electron chi connectivity index (χ0n) is 15.5. The van der Waals surface area contributed by atoms with E-state index in [0.29, 0.717) is 25.0 Å². The Hall–Kier alpha value is -2.64. The Morgan fingerprint density at radius 3 is 2.73 bits per heavy atom. The van der Waals surface area contributed by atoms with Crippen LogP contribution >= 0.6 is 0 Å². The number of rotatable bonds is 5. The molecule has 8 nitrogen and oxygen atoms in total. The van der Waals surface area contributed by atoms with Gasteiger partial charge in [-0.1, -0.05) is 13.8 Å². The fourth-order valence-electron chi connectivity index (χ4n) is 3.63. The van der Waals surface area contributed by atoms with Crippen molar-refractivity contribution in [1.29, 1.82) is 0 Å². The molecule has 3 heterocycles. The van der Waals surface area contributed by atoms with E-state index in [1.54, 1.807) is 17.1 Å². The van der Waals surface area contributed by atoms with Gasteiger partial charge in [-0.05, 0) is 36.7 Å². The highest BCUT2D eigenvalue weighted by atomic mass is 16.4. The highest BCUT2D eigenvalue weighted by molar-refractivity contribution is 5.65. The van der Waals surface area contributed by atoms with Crippen LogP contribution < -0.4 is 5.32 Å². The van der Waals surface area contributed by atoms with E-state index in [2.05, 4.69) is 34.2 Å². The molecule has 26 heavy (non-hydrogen) atoms. The maximum absolute atomic E-state index is 11.1. The van der Waals surface area contributed by atoms with Gasteiger partial charge in [0.1, 0.15) is 0 Å². The molecule has 1 fully saturated rings. The molecule has 0 saturated carbocycles.